The first-order chi connectivity index (χ1) is 12.8. The van der Waals surface area contributed by atoms with E-state index in [1.807, 2.05) is 6.92 Å². The quantitative estimate of drug-likeness (QED) is 0.731. The van der Waals surface area contributed by atoms with Gasteiger partial charge in [-0.2, -0.15) is 0 Å². The smallest absolute Gasteiger partial charge is 0.255 e. The Morgan fingerprint density at radius 1 is 1.41 bits per heavy atom. The van der Waals surface area contributed by atoms with Gasteiger partial charge in [-0.25, -0.2) is 13.6 Å². The summed E-state index contributed by atoms with van der Waals surface area (Å²) in [5.41, 5.74) is 0.962. The summed E-state index contributed by atoms with van der Waals surface area (Å²) in [6.45, 7) is 6.73. The van der Waals surface area contributed by atoms with Gasteiger partial charge < -0.3 is 10.1 Å². The SMILES string of the molecule is CCCCN1CCC[C@H]1CNC(=O)c1cc(S(N)(=O)=O)cc2c1O[C@@H](C)C2. The fourth-order valence-corrected chi connectivity index (χ4v) is 4.51. The maximum atomic E-state index is 12.8. The number of hydrogen-bond acceptors (Lipinski definition) is 5. The molecule has 1 aromatic carbocycles. The lowest BCUT2D eigenvalue weighted by Crippen LogP contribution is -2.40. The van der Waals surface area contributed by atoms with Crippen LogP contribution in [0.15, 0.2) is 17.0 Å². The van der Waals surface area contributed by atoms with E-state index < -0.39 is 10.0 Å². The molecule has 8 heteroatoms. The van der Waals surface area contributed by atoms with Crippen molar-refractivity contribution < 1.29 is 17.9 Å². The van der Waals surface area contributed by atoms with Gasteiger partial charge in [-0.1, -0.05) is 13.3 Å². The molecule has 2 aliphatic heterocycles. The molecule has 2 aliphatic rings. The molecule has 0 bridgehead atoms. The molecule has 0 radical (unpaired) electrons. The number of nitrogens with one attached hydrogen (secondary N) is 1. The minimum absolute atomic E-state index is 0.0467. The molecule has 150 valence electrons. The number of carbonyl (C=O) groups is 1. The molecule has 27 heavy (non-hydrogen) atoms. The number of sulfonamides is 1. The molecule has 0 aromatic heterocycles. The first-order valence-electron chi connectivity index (χ1n) is 9.68. The van der Waals surface area contributed by atoms with E-state index in [1.165, 1.54) is 12.1 Å². The molecule has 0 spiro atoms. The first kappa shape index (κ1) is 20.1. The number of unbranched alkanes of at least 4 members (excludes halogenated alkanes) is 1. The molecule has 0 aliphatic carbocycles. The maximum absolute atomic E-state index is 12.8. The number of nitrogens with two attached hydrogens (primary N) is 1. The lowest BCUT2D eigenvalue weighted by Gasteiger charge is -2.24. The van der Waals surface area contributed by atoms with Crippen molar-refractivity contribution in [1.82, 2.24) is 10.2 Å². The number of primary sulfonamides is 1. The Kier molecular flexibility index (Phi) is 6.08. The predicted molar refractivity (Wildman–Crippen MR) is 103 cm³/mol. The number of fused-ring (bicyclic) bond motifs is 1. The van der Waals surface area contributed by atoms with Crippen molar-refractivity contribution >= 4 is 15.9 Å². The van der Waals surface area contributed by atoms with Crippen LogP contribution in [-0.2, 0) is 16.4 Å². The summed E-state index contributed by atoms with van der Waals surface area (Å²) in [5, 5.41) is 8.26. The van der Waals surface area contributed by atoms with Crippen LogP contribution < -0.4 is 15.2 Å². The highest BCUT2D eigenvalue weighted by atomic mass is 32.2. The Balaban J connectivity index is 1.76. The standard InChI is InChI=1S/C19H29N3O4S/c1-3-4-7-22-8-5-6-15(22)12-21-19(23)17-11-16(27(20,24)25)10-14-9-13(2)26-18(14)17/h10-11,13,15H,3-9,12H2,1-2H3,(H,21,23)(H2,20,24,25)/t13-,15-/m0/s1. The minimum Gasteiger partial charge on any atom is -0.489 e. The first-order valence-corrected chi connectivity index (χ1v) is 11.2. The van der Waals surface area contributed by atoms with Crippen LogP contribution >= 0.6 is 0 Å². The molecule has 7 nitrogen and oxygen atoms in total. The number of amides is 1. The highest BCUT2D eigenvalue weighted by Crippen LogP contribution is 2.35. The minimum atomic E-state index is -3.89. The van der Waals surface area contributed by atoms with Crippen LogP contribution in [0.1, 0.15) is 55.5 Å². The molecule has 0 unspecified atom stereocenters. The Labute approximate surface area is 161 Å². The zero-order chi connectivity index (χ0) is 19.6. The summed E-state index contributed by atoms with van der Waals surface area (Å²) in [6.07, 6.45) is 4.97. The summed E-state index contributed by atoms with van der Waals surface area (Å²) >= 11 is 0. The summed E-state index contributed by atoms with van der Waals surface area (Å²) in [4.78, 5) is 15.2. The van der Waals surface area contributed by atoms with E-state index in [-0.39, 0.29) is 22.5 Å². The van der Waals surface area contributed by atoms with Crippen molar-refractivity contribution in [1.29, 1.82) is 0 Å². The van der Waals surface area contributed by atoms with Crippen molar-refractivity contribution in [2.24, 2.45) is 5.14 Å². The molecule has 1 saturated heterocycles. The third-order valence-corrected chi connectivity index (χ3v) is 6.23. The molecule has 1 amide bonds. The van der Waals surface area contributed by atoms with Crippen molar-refractivity contribution in [3.8, 4) is 5.75 Å². The second kappa shape index (κ2) is 8.16. The van der Waals surface area contributed by atoms with Gasteiger partial charge >= 0.3 is 0 Å². The van der Waals surface area contributed by atoms with Crippen molar-refractivity contribution in [3.63, 3.8) is 0 Å². The van der Waals surface area contributed by atoms with Crippen LogP contribution in [-0.4, -0.2) is 51.0 Å². The molecular weight excluding hydrogens is 366 g/mol. The molecular formula is C19H29N3O4S. The molecule has 3 N–H and O–H groups in total. The fourth-order valence-electron chi connectivity index (χ4n) is 3.92. The van der Waals surface area contributed by atoms with E-state index in [2.05, 4.69) is 17.1 Å². The van der Waals surface area contributed by atoms with Gasteiger partial charge in [0, 0.05) is 19.0 Å². The van der Waals surface area contributed by atoms with E-state index in [9.17, 15) is 13.2 Å². The van der Waals surface area contributed by atoms with Crippen LogP contribution in [0, 0.1) is 0 Å². The van der Waals surface area contributed by atoms with E-state index in [1.54, 1.807) is 0 Å². The van der Waals surface area contributed by atoms with Crippen LogP contribution in [0.5, 0.6) is 5.75 Å². The largest absolute Gasteiger partial charge is 0.489 e. The van der Waals surface area contributed by atoms with Gasteiger partial charge in [-0.05, 0) is 57.0 Å². The highest BCUT2D eigenvalue weighted by Gasteiger charge is 2.29. The average Bonchev–Trinajstić information content (AvgIpc) is 3.20. The van der Waals surface area contributed by atoms with Gasteiger partial charge in [0.15, 0.2) is 0 Å². The number of benzene rings is 1. The van der Waals surface area contributed by atoms with Crippen LogP contribution in [0.4, 0.5) is 0 Å². The van der Waals surface area contributed by atoms with Crippen LogP contribution in [0.3, 0.4) is 0 Å². The van der Waals surface area contributed by atoms with Gasteiger partial charge in [0.1, 0.15) is 11.9 Å². The average molecular weight is 396 g/mol. The highest BCUT2D eigenvalue weighted by molar-refractivity contribution is 7.89. The van der Waals surface area contributed by atoms with Crippen LogP contribution in [0.25, 0.3) is 0 Å². The monoisotopic (exact) mass is 395 g/mol. The van der Waals surface area contributed by atoms with E-state index >= 15 is 0 Å². The lowest BCUT2D eigenvalue weighted by atomic mass is 10.1. The molecule has 1 aromatic rings. The second-order valence-corrected chi connectivity index (χ2v) is 9.09. The number of hydrogen-bond donors (Lipinski definition) is 2. The fraction of sp³-hybridized carbons (Fsp3) is 0.632. The van der Waals surface area contributed by atoms with Crippen molar-refractivity contribution in [2.75, 3.05) is 19.6 Å². The van der Waals surface area contributed by atoms with Crippen LogP contribution in [0.2, 0.25) is 0 Å². The van der Waals surface area contributed by atoms with E-state index in [4.69, 9.17) is 9.88 Å². The topological polar surface area (TPSA) is 102 Å². The van der Waals surface area contributed by atoms with Crippen molar-refractivity contribution in [3.05, 3.63) is 23.3 Å². The lowest BCUT2D eigenvalue weighted by molar-refractivity contribution is 0.0935. The predicted octanol–water partition coefficient (Wildman–Crippen LogP) is 1.65. The Hall–Kier alpha value is -1.64. The Bertz CT molecular complexity index is 809. The normalized spacial score (nSPS) is 22.5. The summed E-state index contributed by atoms with van der Waals surface area (Å²) in [6, 6.07) is 3.16. The van der Waals surface area contributed by atoms with E-state index in [0.29, 0.717) is 30.3 Å². The Morgan fingerprint density at radius 2 is 2.19 bits per heavy atom. The molecule has 1 fully saturated rings. The second-order valence-electron chi connectivity index (χ2n) is 7.53. The zero-order valence-corrected chi connectivity index (χ0v) is 16.8. The van der Waals surface area contributed by atoms with Gasteiger partial charge in [-0.3, -0.25) is 9.69 Å². The summed E-state index contributed by atoms with van der Waals surface area (Å²) in [5.74, 6) is 0.162. The molecule has 0 saturated carbocycles. The summed E-state index contributed by atoms with van der Waals surface area (Å²) in [7, 11) is -3.89. The van der Waals surface area contributed by atoms with Gasteiger partial charge in [0.25, 0.3) is 5.91 Å². The van der Waals surface area contributed by atoms with Gasteiger partial charge in [0.05, 0.1) is 10.5 Å². The molecule has 3 rings (SSSR count). The maximum Gasteiger partial charge on any atom is 0.255 e. The number of rotatable bonds is 7. The van der Waals surface area contributed by atoms with E-state index in [0.717, 1.165) is 38.8 Å². The van der Waals surface area contributed by atoms with Crippen molar-refractivity contribution in [2.45, 2.75) is 63.0 Å². The Morgan fingerprint density at radius 3 is 2.89 bits per heavy atom. The molecule has 2 atom stereocenters. The third kappa shape index (κ3) is 4.62. The number of nitrogens with zero attached hydrogens (tertiary/aromatic N) is 1. The zero-order valence-electron chi connectivity index (χ0n) is 16.0. The third-order valence-electron chi connectivity index (χ3n) is 5.34. The number of ether oxygens (including phenoxy) is 1. The number of likely N-dealkylation sites (tertiary alicyclic amines) is 1. The molecule has 2 heterocycles. The number of carbonyl (C=O) groups excluding carboxylic acids is 1. The summed E-state index contributed by atoms with van der Waals surface area (Å²) < 4.78 is 29.4. The van der Waals surface area contributed by atoms with Gasteiger partial charge in [-0.15, -0.1) is 0 Å². The van der Waals surface area contributed by atoms with Gasteiger partial charge in [0.2, 0.25) is 10.0 Å².